The average molecular weight is 466 g/mol. The van der Waals surface area contributed by atoms with Gasteiger partial charge in [0.1, 0.15) is 4.60 Å². The number of halogens is 3. The first kappa shape index (κ1) is 15.8. The van der Waals surface area contributed by atoms with Crippen molar-refractivity contribution >= 4 is 53.8 Å². The van der Waals surface area contributed by atoms with Gasteiger partial charge in [-0.2, -0.15) is 0 Å². The second kappa shape index (κ2) is 6.91. The molecular weight excluding hydrogens is 454 g/mol. The Kier molecular flexibility index (Phi) is 5.46. The zero-order valence-electron chi connectivity index (χ0n) is 10.7. The molecule has 0 aliphatic rings. The fraction of sp³-hybridized carbons (Fsp3) is 0.214. The van der Waals surface area contributed by atoms with Crippen LogP contribution in [0.5, 0.6) is 0 Å². The average Bonchev–Trinajstić information content (AvgIpc) is 2.72. The van der Waals surface area contributed by atoms with Gasteiger partial charge in [0.2, 0.25) is 0 Å². The van der Waals surface area contributed by atoms with E-state index in [-0.39, 0.29) is 5.97 Å². The lowest BCUT2D eigenvalue weighted by atomic mass is 10.2. The summed E-state index contributed by atoms with van der Waals surface area (Å²) in [6.07, 6.45) is 0. The Bertz CT molecular complexity index is 623. The van der Waals surface area contributed by atoms with Crippen LogP contribution in [0.2, 0.25) is 0 Å². The van der Waals surface area contributed by atoms with Gasteiger partial charge in [0.05, 0.1) is 22.3 Å². The Hall–Kier alpha value is -0.590. The molecule has 0 atom stereocenters. The number of alkyl halides is 1. The molecule has 0 fully saturated rings. The molecule has 6 heteroatoms. The maximum absolute atomic E-state index is 12.1. The number of esters is 1. The largest absolute Gasteiger partial charge is 0.462 e. The predicted molar refractivity (Wildman–Crippen MR) is 89.8 cm³/mol. The van der Waals surface area contributed by atoms with Crippen molar-refractivity contribution in [3.8, 4) is 5.69 Å². The first-order valence-corrected chi connectivity index (χ1v) is 8.69. The SMILES string of the molecule is CCOC(=O)c1c(Br)c(Br)n(-c2ccccc2)c1CBr. The lowest BCUT2D eigenvalue weighted by Gasteiger charge is -2.10. The molecule has 3 nitrogen and oxygen atoms in total. The molecule has 106 valence electrons. The Morgan fingerprint density at radius 1 is 1.25 bits per heavy atom. The van der Waals surface area contributed by atoms with Gasteiger partial charge in [-0.15, -0.1) is 0 Å². The molecule has 0 bridgehead atoms. The van der Waals surface area contributed by atoms with E-state index in [4.69, 9.17) is 4.74 Å². The Labute approximate surface area is 142 Å². The minimum atomic E-state index is -0.329. The number of carbonyl (C=O) groups is 1. The third-order valence-corrected chi connectivity index (χ3v) is 5.36. The van der Waals surface area contributed by atoms with E-state index in [0.29, 0.717) is 22.0 Å². The van der Waals surface area contributed by atoms with Crippen molar-refractivity contribution in [3.05, 3.63) is 50.7 Å². The minimum absolute atomic E-state index is 0.329. The molecule has 1 aromatic heterocycles. The number of benzene rings is 1. The van der Waals surface area contributed by atoms with Gasteiger partial charge in [-0.25, -0.2) is 4.79 Å². The monoisotopic (exact) mass is 463 g/mol. The molecule has 0 aliphatic carbocycles. The van der Waals surface area contributed by atoms with Crippen LogP contribution in [0.3, 0.4) is 0 Å². The lowest BCUT2D eigenvalue weighted by molar-refractivity contribution is 0.0524. The van der Waals surface area contributed by atoms with Gasteiger partial charge in [0, 0.05) is 11.0 Å². The summed E-state index contributed by atoms with van der Waals surface area (Å²) >= 11 is 10.5. The van der Waals surface area contributed by atoms with Crippen LogP contribution < -0.4 is 0 Å². The molecule has 1 heterocycles. The quantitative estimate of drug-likeness (QED) is 0.466. The van der Waals surface area contributed by atoms with Gasteiger partial charge >= 0.3 is 5.97 Å². The third kappa shape index (κ3) is 2.87. The molecule has 20 heavy (non-hydrogen) atoms. The molecule has 2 rings (SSSR count). The molecule has 0 saturated heterocycles. The number of para-hydroxylation sites is 1. The van der Waals surface area contributed by atoms with E-state index in [1.807, 2.05) is 34.9 Å². The van der Waals surface area contributed by atoms with Crippen molar-refractivity contribution in [1.82, 2.24) is 4.57 Å². The zero-order chi connectivity index (χ0) is 14.7. The van der Waals surface area contributed by atoms with Crippen LogP contribution in [-0.2, 0) is 10.1 Å². The van der Waals surface area contributed by atoms with Crippen molar-refractivity contribution in [1.29, 1.82) is 0 Å². The number of ether oxygens (including phenoxy) is 1. The van der Waals surface area contributed by atoms with Crippen molar-refractivity contribution in [3.63, 3.8) is 0 Å². The number of nitrogens with zero attached hydrogens (tertiary/aromatic N) is 1. The maximum atomic E-state index is 12.1. The molecule has 0 N–H and O–H groups in total. The summed E-state index contributed by atoms with van der Waals surface area (Å²) in [5.74, 6) is -0.329. The Balaban J connectivity index is 2.65. The molecular formula is C14H12Br3NO2. The third-order valence-electron chi connectivity index (χ3n) is 2.78. The topological polar surface area (TPSA) is 31.2 Å². The smallest absolute Gasteiger partial charge is 0.341 e. The fourth-order valence-corrected chi connectivity index (χ4v) is 3.66. The fourth-order valence-electron chi connectivity index (χ4n) is 1.94. The summed E-state index contributed by atoms with van der Waals surface area (Å²) in [7, 11) is 0. The van der Waals surface area contributed by atoms with Crippen LogP contribution in [0.25, 0.3) is 5.69 Å². The van der Waals surface area contributed by atoms with E-state index in [9.17, 15) is 4.79 Å². The standard InChI is InChI=1S/C14H12Br3NO2/c1-2-20-14(19)11-10(8-15)18(13(17)12(11)16)9-6-4-3-5-7-9/h3-7H,2,8H2,1H3. The second-order valence-electron chi connectivity index (χ2n) is 3.95. The van der Waals surface area contributed by atoms with Crippen molar-refractivity contribution < 1.29 is 9.53 Å². The highest BCUT2D eigenvalue weighted by atomic mass is 79.9. The lowest BCUT2D eigenvalue weighted by Crippen LogP contribution is -2.08. The van der Waals surface area contributed by atoms with E-state index in [1.165, 1.54) is 0 Å². The zero-order valence-corrected chi connectivity index (χ0v) is 15.5. The maximum Gasteiger partial charge on any atom is 0.341 e. The van der Waals surface area contributed by atoms with Crippen LogP contribution in [0.15, 0.2) is 39.4 Å². The normalized spacial score (nSPS) is 10.6. The van der Waals surface area contributed by atoms with E-state index >= 15 is 0 Å². The molecule has 0 amide bonds. The van der Waals surface area contributed by atoms with Crippen molar-refractivity contribution in [2.45, 2.75) is 12.3 Å². The van der Waals surface area contributed by atoms with Crippen LogP contribution in [0.4, 0.5) is 0 Å². The van der Waals surface area contributed by atoms with Gasteiger partial charge in [0.15, 0.2) is 0 Å². The van der Waals surface area contributed by atoms with E-state index in [0.717, 1.165) is 16.0 Å². The van der Waals surface area contributed by atoms with E-state index < -0.39 is 0 Å². The molecule has 1 aromatic carbocycles. The summed E-state index contributed by atoms with van der Waals surface area (Å²) in [5.41, 5.74) is 2.36. The van der Waals surface area contributed by atoms with E-state index in [1.54, 1.807) is 6.92 Å². The van der Waals surface area contributed by atoms with Crippen LogP contribution >= 0.6 is 47.8 Å². The molecule has 0 spiro atoms. The molecule has 0 saturated carbocycles. The molecule has 0 radical (unpaired) electrons. The number of hydrogen-bond donors (Lipinski definition) is 0. The molecule has 0 aliphatic heterocycles. The van der Waals surface area contributed by atoms with Gasteiger partial charge in [0.25, 0.3) is 0 Å². The van der Waals surface area contributed by atoms with Crippen LogP contribution in [0, 0.1) is 0 Å². The number of carbonyl (C=O) groups excluding carboxylic acids is 1. The van der Waals surface area contributed by atoms with Crippen LogP contribution in [-0.4, -0.2) is 17.1 Å². The van der Waals surface area contributed by atoms with E-state index in [2.05, 4.69) is 47.8 Å². The van der Waals surface area contributed by atoms with Crippen molar-refractivity contribution in [2.75, 3.05) is 6.61 Å². The van der Waals surface area contributed by atoms with Gasteiger partial charge in [-0.05, 0) is 50.9 Å². The van der Waals surface area contributed by atoms with Gasteiger partial charge in [-0.1, -0.05) is 34.1 Å². The Morgan fingerprint density at radius 3 is 2.45 bits per heavy atom. The summed E-state index contributed by atoms with van der Waals surface area (Å²) < 4.78 is 8.60. The van der Waals surface area contributed by atoms with Crippen LogP contribution in [0.1, 0.15) is 23.0 Å². The summed E-state index contributed by atoms with van der Waals surface area (Å²) in [6, 6.07) is 9.84. The Morgan fingerprint density at radius 2 is 1.90 bits per heavy atom. The second-order valence-corrected chi connectivity index (χ2v) is 6.06. The highest BCUT2D eigenvalue weighted by Crippen LogP contribution is 2.36. The number of aromatic nitrogens is 1. The number of hydrogen-bond acceptors (Lipinski definition) is 2. The summed E-state index contributed by atoms with van der Waals surface area (Å²) in [6.45, 7) is 2.14. The first-order valence-electron chi connectivity index (χ1n) is 5.98. The predicted octanol–water partition coefficient (Wildman–Crippen LogP) is 5.07. The van der Waals surface area contributed by atoms with Gasteiger partial charge < -0.3 is 9.30 Å². The van der Waals surface area contributed by atoms with Gasteiger partial charge in [-0.3, -0.25) is 0 Å². The first-order chi connectivity index (χ1) is 9.61. The highest BCUT2D eigenvalue weighted by molar-refractivity contribution is 9.13. The van der Waals surface area contributed by atoms with Crippen molar-refractivity contribution in [2.24, 2.45) is 0 Å². The summed E-state index contributed by atoms with van der Waals surface area (Å²) in [4.78, 5) is 12.1. The minimum Gasteiger partial charge on any atom is -0.462 e. The summed E-state index contributed by atoms with van der Waals surface area (Å²) in [5, 5.41) is 0.542. The molecule has 0 unspecified atom stereocenters. The highest BCUT2D eigenvalue weighted by Gasteiger charge is 2.25. The number of rotatable bonds is 4. The molecule has 2 aromatic rings.